The highest BCUT2D eigenvalue weighted by Crippen LogP contribution is 2.56. The van der Waals surface area contributed by atoms with Gasteiger partial charge >= 0.3 is 0 Å². The van der Waals surface area contributed by atoms with Gasteiger partial charge in [-0.15, -0.1) is 0 Å². The topological polar surface area (TPSA) is 118 Å². The van der Waals surface area contributed by atoms with Gasteiger partial charge in [-0.1, -0.05) is 27.7 Å². The number of benzene rings is 2. The first-order valence-corrected chi connectivity index (χ1v) is 13.7. The molecule has 0 spiro atoms. The number of aromatic nitrogens is 1. The fourth-order valence-electron chi connectivity index (χ4n) is 6.77. The van der Waals surface area contributed by atoms with Crippen molar-refractivity contribution in [2.45, 2.75) is 58.4 Å². The summed E-state index contributed by atoms with van der Waals surface area (Å²) in [5.41, 5.74) is -1.76. The van der Waals surface area contributed by atoms with Gasteiger partial charge in [-0.25, -0.2) is 8.78 Å². The van der Waals surface area contributed by atoms with Crippen LogP contribution in [0.2, 0.25) is 0 Å². The molecule has 3 aromatic rings. The van der Waals surface area contributed by atoms with Crippen LogP contribution in [0, 0.1) is 28.0 Å². The molecule has 8 nitrogen and oxygen atoms in total. The molecule has 0 unspecified atom stereocenters. The van der Waals surface area contributed by atoms with E-state index in [4.69, 9.17) is 4.74 Å². The molecule has 0 radical (unpaired) electrons. The number of alkyl halides is 1. The van der Waals surface area contributed by atoms with Gasteiger partial charge in [0.25, 0.3) is 5.91 Å². The Morgan fingerprint density at radius 1 is 1.15 bits per heavy atom. The number of hydrogen-bond donors (Lipinski definition) is 3. The van der Waals surface area contributed by atoms with E-state index >= 15 is 4.39 Å². The van der Waals surface area contributed by atoms with Gasteiger partial charge in [0.2, 0.25) is 5.56 Å². The van der Waals surface area contributed by atoms with Crippen molar-refractivity contribution in [1.82, 2.24) is 10.3 Å². The standard InChI is InChI=1S/C31H34F2N4O4/c1-29(2)27(30(3,4)28(29)41-23-9-6-19(16-34)25-20(23)7-10-24(39)35-25)36-26(40)18-5-8-22(21(32)15-18)37-13-11-31(33,17-38)12-14-37/h5-10,15,27-28,38H,11-14,17H2,1-4H3,(H,35,39)(H,36,40). The molecule has 1 aliphatic carbocycles. The predicted molar refractivity (Wildman–Crippen MR) is 151 cm³/mol. The van der Waals surface area contributed by atoms with Crippen molar-refractivity contribution in [1.29, 1.82) is 5.26 Å². The van der Waals surface area contributed by atoms with Crippen LogP contribution in [-0.2, 0) is 0 Å². The fourth-order valence-corrected chi connectivity index (χ4v) is 6.77. The Bertz CT molecular complexity index is 1590. The average Bonchev–Trinajstić information content (AvgIpc) is 2.94. The van der Waals surface area contributed by atoms with E-state index in [1.165, 1.54) is 18.2 Å². The second-order valence-electron chi connectivity index (χ2n) is 12.3. The number of aromatic amines is 1. The number of aliphatic hydroxyl groups excluding tert-OH is 1. The molecule has 41 heavy (non-hydrogen) atoms. The third-order valence-electron chi connectivity index (χ3n) is 8.83. The highest BCUT2D eigenvalue weighted by Gasteiger charge is 2.64. The summed E-state index contributed by atoms with van der Waals surface area (Å²) < 4.78 is 35.9. The number of aliphatic hydroxyl groups is 1. The molecule has 2 fully saturated rings. The van der Waals surface area contributed by atoms with E-state index in [-0.39, 0.29) is 49.2 Å². The van der Waals surface area contributed by atoms with Gasteiger partial charge in [0, 0.05) is 59.8 Å². The van der Waals surface area contributed by atoms with Gasteiger partial charge in [-0.2, -0.15) is 5.26 Å². The number of rotatable bonds is 6. The zero-order valence-electron chi connectivity index (χ0n) is 23.6. The van der Waals surface area contributed by atoms with E-state index < -0.39 is 34.8 Å². The summed E-state index contributed by atoms with van der Waals surface area (Å²) in [7, 11) is 0. The highest BCUT2D eigenvalue weighted by atomic mass is 19.1. The second kappa shape index (κ2) is 10.1. The summed E-state index contributed by atoms with van der Waals surface area (Å²) in [6.45, 7) is 7.94. The number of nitriles is 1. The van der Waals surface area contributed by atoms with Gasteiger partial charge < -0.3 is 25.0 Å². The summed E-state index contributed by atoms with van der Waals surface area (Å²) in [4.78, 5) is 29.6. The van der Waals surface area contributed by atoms with Gasteiger partial charge in [0.1, 0.15) is 29.4 Å². The Labute approximate surface area is 236 Å². The Balaban J connectivity index is 1.31. The van der Waals surface area contributed by atoms with E-state index in [1.54, 1.807) is 29.2 Å². The maximum Gasteiger partial charge on any atom is 0.251 e. The normalized spacial score (nSPS) is 22.4. The highest BCUT2D eigenvalue weighted by molar-refractivity contribution is 5.95. The number of carbonyl (C=O) groups is 1. The second-order valence-corrected chi connectivity index (χ2v) is 12.3. The number of pyridine rings is 1. The van der Waals surface area contributed by atoms with Crippen molar-refractivity contribution in [3.63, 3.8) is 0 Å². The lowest BCUT2D eigenvalue weighted by molar-refractivity contribution is -0.163. The van der Waals surface area contributed by atoms with Crippen molar-refractivity contribution < 1.29 is 23.4 Å². The molecule has 1 aromatic heterocycles. The van der Waals surface area contributed by atoms with Crippen LogP contribution in [0.5, 0.6) is 5.75 Å². The van der Waals surface area contributed by atoms with Crippen LogP contribution < -0.4 is 20.5 Å². The minimum absolute atomic E-state index is 0.108. The summed E-state index contributed by atoms with van der Waals surface area (Å²) in [5, 5.41) is 22.4. The van der Waals surface area contributed by atoms with E-state index in [0.29, 0.717) is 27.9 Å². The first-order chi connectivity index (χ1) is 19.3. The van der Waals surface area contributed by atoms with Gasteiger partial charge in [-0.05, 0) is 36.4 Å². The molecule has 1 aliphatic heterocycles. The van der Waals surface area contributed by atoms with Crippen molar-refractivity contribution in [3.8, 4) is 11.8 Å². The van der Waals surface area contributed by atoms with Crippen molar-refractivity contribution >= 4 is 22.5 Å². The molecule has 2 heterocycles. The minimum atomic E-state index is -1.64. The number of piperidine rings is 1. The van der Waals surface area contributed by atoms with Gasteiger partial charge in [0.15, 0.2) is 0 Å². The number of hydrogen-bond acceptors (Lipinski definition) is 6. The van der Waals surface area contributed by atoms with Crippen LogP contribution in [0.15, 0.2) is 47.3 Å². The Hall–Kier alpha value is -3.97. The first kappa shape index (κ1) is 28.6. The third kappa shape index (κ3) is 4.93. The number of H-pyrrole nitrogens is 1. The van der Waals surface area contributed by atoms with Crippen molar-refractivity contribution in [2.24, 2.45) is 10.8 Å². The quantitative estimate of drug-likeness (QED) is 0.407. The molecule has 3 N–H and O–H groups in total. The fraction of sp³-hybridized carbons (Fsp3) is 0.452. The van der Waals surface area contributed by atoms with Crippen LogP contribution in [0.25, 0.3) is 10.9 Å². The number of halogens is 2. The first-order valence-electron chi connectivity index (χ1n) is 13.7. The number of amides is 1. The molecule has 10 heteroatoms. The molecule has 5 rings (SSSR count). The SMILES string of the molecule is CC1(C)C(NC(=O)c2ccc(N3CCC(F)(CO)CC3)c(F)c2)C(C)(C)C1Oc1ccc(C#N)c2[nH]c(=O)ccc12. The number of nitrogens with zero attached hydrogens (tertiary/aromatic N) is 2. The van der Waals surface area contributed by atoms with Gasteiger partial charge in [0.05, 0.1) is 23.4 Å². The lowest BCUT2D eigenvalue weighted by Crippen LogP contribution is -2.74. The lowest BCUT2D eigenvalue weighted by Gasteiger charge is -2.63. The van der Waals surface area contributed by atoms with E-state index in [9.17, 15) is 24.3 Å². The van der Waals surface area contributed by atoms with E-state index in [2.05, 4.69) is 16.4 Å². The third-order valence-corrected chi connectivity index (χ3v) is 8.83. The molecule has 1 saturated heterocycles. The van der Waals surface area contributed by atoms with Crippen LogP contribution in [-0.4, -0.2) is 53.5 Å². The summed E-state index contributed by atoms with van der Waals surface area (Å²) in [6.07, 6.45) is -0.115. The predicted octanol–water partition coefficient (Wildman–Crippen LogP) is 4.45. The molecular formula is C31H34F2N4O4. The summed E-state index contributed by atoms with van der Waals surface area (Å²) >= 11 is 0. The molecule has 0 atom stereocenters. The van der Waals surface area contributed by atoms with Crippen molar-refractivity contribution in [3.05, 3.63) is 69.8 Å². The minimum Gasteiger partial charge on any atom is -0.488 e. The monoisotopic (exact) mass is 564 g/mol. The number of anilines is 1. The molecule has 1 amide bonds. The maximum atomic E-state index is 15.1. The van der Waals surface area contributed by atoms with Crippen LogP contribution in [0.4, 0.5) is 14.5 Å². The number of nitrogens with one attached hydrogen (secondary N) is 2. The molecule has 1 saturated carbocycles. The zero-order chi connectivity index (χ0) is 29.7. The maximum absolute atomic E-state index is 15.1. The number of fused-ring (bicyclic) bond motifs is 1. The number of carbonyl (C=O) groups excluding carboxylic acids is 1. The molecular weight excluding hydrogens is 530 g/mol. The average molecular weight is 565 g/mol. The smallest absolute Gasteiger partial charge is 0.251 e. The lowest BCUT2D eigenvalue weighted by atomic mass is 9.49. The van der Waals surface area contributed by atoms with Crippen molar-refractivity contribution in [2.75, 3.05) is 24.6 Å². The van der Waals surface area contributed by atoms with E-state index in [0.717, 1.165) is 0 Å². The zero-order valence-corrected chi connectivity index (χ0v) is 23.6. The van der Waals surface area contributed by atoms with E-state index in [1.807, 2.05) is 27.7 Å². The van der Waals surface area contributed by atoms with Gasteiger partial charge in [-0.3, -0.25) is 9.59 Å². The summed E-state index contributed by atoms with van der Waals surface area (Å²) in [5.74, 6) is -0.458. The van der Waals surface area contributed by atoms with Crippen LogP contribution in [0.3, 0.4) is 0 Å². The summed E-state index contributed by atoms with van der Waals surface area (Å²) in [6, 6.07) is 12.4. The Kier molecular flexibility index (Phi) is 7.06. The van der Waals surface area contributed by atoms with Crippen LogP contribution in [0.1, 0.15) is 56.5 Å². The van der Waals surface area contributed by atoms with Crippen LogP contribution >= 0.6 is 0 Å². The number of ether oxygens (including phenoxy) is 1. The molecule has 2 aromatic carbocycles. The Morgan fingerprint density at radius 3 is 2.44 bits per heavy atom. The molecule has 216 valence electrons. The molecule has 2 aliphatic rings. The Morgan fingerprint density at radius 2 is 1.83 bits per heavy atom. The molecule has 0 bridgehead atoms. The largest absolute Gasteiger partial charge is 0.488 e.